The zero-order valence-corrected chi connectivity index (χ0v) is 17.1. The normalized spacial score (nSPS) is 23.8. The summed E-state index contributed by atoms with van der Waals surface area (Å²) >= 11 is 0. The van der Waals surface area contributed by atoms with Crippen molar-refractivity contribution < 1.29 is 14.4 Å². The Balaban J connectivity index is 1.58. The summed E-state index contributed by atoms with van der Waals surface area (Å²) < 4.78 is 0. The first-order valence-electron chi connectivity index (χ1n) is 10.2. The summed E-state index contributed by atoms with van der Waals surface area (Å²) in [7, 11) is 0. The largest absolute Gasteiger partial charge is 0.322 e. The van der Waals surface area contributed by atoms with E-state index in [0.29, 0.717) is 17.2 Å². The molecule has 4 rings (SSSR count). The minimum absolute atomic E-state index is 0.126. The number of nitrogens with one attached hydrogen (secondary N) is 1. The highest BCUT2D eigenvalue weighted by atomic mass is 16.2. The molecule has 29 heavy (non-hydrogen) atoms. The Kier molecular flexibility index (Phi) is 4.99. The van der Waals surface area contributed by atoms with E-state index in [9.17, 15) is 14.4 Å². The van der Waals surface area contributed by atoms with Gasteiger partial charge in [-0.25, -0.2) is 0 Å². The molecule has 3 amide bonds. The Morgan fingerprint density at radius 1 is 0.966 bits per heavy atom. The van der Waals surface area contributed by atoms with E-state index in [1.807, 2.05) is 32.0 Å². The number of amides is 3. The summed E-state index contributed by atoms with van der Waals surface area (Å²) in [5, 5.41) is 2.91. The Hall–Kier alpha value is -2.95. The molecule has 1 aliphatic carbocycles. The molecule has 2 fully saturated rings. The molecule has 0 bridgehead atoms. The molecule has 0 spiro atoms. The van der Waals surface area contributed by atoms with Crippen LogP contribution in [0.25, 0.3) is 0 Å². The van der Waals surface area contributed by atoms with Gasteiger partial charge in [-0.3, -0.25) is 19.3 Å². The van der Waals surface area contributed by atoms with Crippen LogP contribution in [0.2, 0.25) is 0 Å². The third kappa shape index (κ3) is 3.69. The summed E-state index contributed by atoms with van der Waals surface area (Å²) in [6.45, 7) is 6.09. The van der Waals surface area contributed by atoms with Gasteiger partial charge in [-0.1, -0.05) is 19.1 Å². The average Bonchev–Trinajstić information content (AvgIpc) is 2.91. The quantitative estimate of drug-likeness (QED) is 0.786. The van der Waals surface area contributed by atoms with Crippen molar-refractivity contribution in [1.29, 1.82) is 0 Å². The number of aryl methyl sites for hydroxylation is 2. The van der Waals surface area contributed by atoms with E-state index in [1.165, 1.54) is 4.90 Å². The third-order valence-corrected chi connectivity index (χ3v) is 6.03. The Morgan fingerprint density at radius 2 is 1.66 bits per heavy atom. The van der Waals surface area contributed by atoms with E-state index in [0.717, 1.165) is 36.1 Å². The van der Waals surface area contributed by atoms with Crippen molar-refractivity contribution >= 4 is 29.1 Å². The van der Waals surface area contributed by atoms with Gasteiger partial charge in [0.15, 0.2) is 0 Å². The minimum Gasteiger partial charge on any atom is -0.322 e. The molecule has 5 heteroatoms. The number of rotatable bonds is 3. The molecule has 1 saturated carbocycles. The van der Waals surface area contributed by atoms with Crippen molar-refractivity contribution in [1.82, 2.24) is 0 Å². The minimum atomic E-state index is -0.262. The van der Waals surface area contributed by atoms with Crippen LogP contribution in [0.15, 0.2) is 42.5 Å². The van der Waals surface area contributed by atoms with Gasteiger partial charge in [0.25, 0.3) is 5.91 Å². The molecule has 3 atom stereocenters. The van der Waals surface area contributed by atoms with Gasteiger partial charge in [0.1, 0.15) is 0 Å². The molecule has 2 aliphatic rings. The monoisotopic (exact) mass is 390 g/mol. The number of anilines is 2. The lowest BCUT2D eigenvalue weighted by atomic mass is 9.76. The Bertz CT molecular complexity index is 977. The lowest BCUT2D eigenvalue weighted by Gasteiger charge is -2.25. The molecular formula is C24H26N2O3. The number of benzene rings is 2. The number of carbonyl (C=O) groups is 3. The predicted molar refractivity (Wildman–Crippen MR) is 113 cm³/mol. The predicted octanol–water partition coefficient (Wildman–Crippen LogP) is 4.48. The van der Waals surface area contributed by atoms with Crippen LogP contribution >= 0.6 is 0 Å². The van der Waals surface area contributed by atoms with Crippen LogP contribution in [-0.4, -0.2) is 17.7 Å². The number of hydrogen-bond acceptors (Lipinski definition) is 3. The zero-order chi connectivity index (χ0) is 20.7. The summed E-state index contributed by atoms with van der Waals surface area (Å²) in [5.74, 6) is -0.493. The van der Waals surface area contributed by atoms with Crippen LogP contribution in [-0.2, 0) is 9.59 Å². The second-order valence-electron chi connectivity index (χ2n) is 8.52. The second kappa shape index (κ2) is 7.47. The second-order valence-corrected chi connectivity index (χ2v) is 8.52. The summed E-state index contributed by atoms with van der Waals surface area (Å²) in [4.78, 5) is 39.9. The maximum Gasteiger partial charge on any atom is 0.255 e. The first-order chi connectivity index (χ1) is 13.8. The summed E-state index contributed by atoms with van der Waals surface area (Å²) in [6.07, 6.45) is 2.50. The fourth-order valence-electron chi connectivity index (χ4n) is 4.68. The molecule has 1 aliphatic heterocycles. The summed E-state index contributed by atoms with van der Waals surface area (Å²) in [5.41, 5.74) is 3.77. The van der Waals surface area contributed by atoms with E-state index in [-0.39, 0.29) is 29.6 Å². The molecule has 1 heterocycles. The number of imide groups is 1. The van der Waals surface area contributed by atoms with E-state index in [2.05, 4.69) is 12.2 Å². The van der Waals surface area contributed by atoms with Crippen LogP contribution in [0.5, 0.6) is 0 Å². The topological polar surface area (TPSA) is 66.5 Å². The average molecular weight is 390 g/mol. The Labute approximate surface area is 171 Å². The lowest BCUT2D eigenvalue weighted by Crippen LogP contribution is -2.31. The maximum atomic E-state index is 12.9. The SMILES string of the molecule is Cc1cc(C)cc(NC(=O)c2cccc(N3C(=O)[C@H]4C[C@H](C)CC[C@H]4C3=O)c2)c1. The van der Waals surface area contributed by atoms with Gasteiger partial charge >= 0.3 is 0 Å². The maximum absolute atomic E-state index is 12.9. The van der Waals surface area contributed by atoms with Gasteiger partial charge < -0.3 is 5.32 Å². The van der Waals surface area contributed by atoms with Gasteiger partial charge in [0, 0.05) is 11.3 Å². The van der Waals surface area contributed by atoms with Crippen LogP contribution in [0.3, 0.4) is 0 Å². The zero-order valence-electron chi connectivity index (χ0n) is 17.1. The van der Waals surface area contributed by atoms with Crippen LogP contribution in [0, 0.1) is 31.6 Å². The lowest BCUT2D eigenvalue weighted by molar-refractivity contribution is -0.122. The standard InChI is InChI=1S/C24H26N2O3/c1-14-7-8-20-21(12-14)24(29)26(23(20)28)19-6-4-5-17(13-19)22(27)25-18-10-15(2)9-16(3)11-18/h4-6,9-11,13-14,20-21H,7-8,12H2,1-3H3,(H,25,27)/t14-,20-,21+/m1/s1. The molecule has 5 nitrogen and oxygen atoms in total. The van der Waals surface area contributed by atoms with Gasteiger partial charge in [0.2, 0.25) is 11.8 Å². The van der Waals surface area contributed by atoms with Crippen molar-refractivity contribution in [2.45, 2.75) is 40.0 Å². The number of hydrogen-bond donors (Lipinski definition) is 1. The van der Waals surface area contributed by atoms with Gasteiger partial charge in [0.05, 0.1) is 17.5 Å². The van der Waals surface area contributed by atoms with E-state index in [4.69, 9.17) is 0 Å². The van der Waals surface area contributed by atoms with Crippen molar-refractivity contribution in [3.63, 3.8) is 0 Å². The third-order valence-electron chi connectivity index (χ3n) is 6.03. The first kappa shape index (κ1) is 19.4. The van der Waals surface area contributed by atoms with E-state index in [1.54, 1.807) is 24.3 Å². The highest BCUT2D eigenvalue weighted by Gasteiger charge is 2.50. The molecule has 2 aromatic carbocycles. The smallest absolute Gasteiger partial charge is 0.255 e. The van der Waals surface area contributed by atoms with Crippen LogP contribution in [0.4, 0.5) is 11.4 Å². The fraction of sp³-hybridized carbons (Fsp3) is 0.375. The van der Waals surface area contributed by atoms with Crippen molar-refractivity contribution in [3.8, 4) is 0 Å². The van der Waals surface area contributed by atoms with Crippen LogP contribution < -0.4 is 10.2 Å². The highest BCUT2D eigenvalue weighted by Crippen LogP contribution is 2.42. The van der Waals surface area contributed by atoms with E-state index >= 15 is 0 Å². The molecule has 2 aromatic rings. The molecule has 1 saturated heterocycles. The Morgan fingerprint density at radius 3 is 2.38 bits per heavy atom. The van der Waals surface area contributed by atoms with Gasteiger partial charge in [-0.05, 0) is 80.5 Å². The molecular weight excluding hydrogens is 364 g/mol. The summed E-state index contributed by atoms with van der Waals surface area (Å²) in [6, 6.07) is 12.6. The number of carbonyl (C=O) groups excluding carboxylic acids is 3. The van der Waals surface area contributed by atoms with E-state index < -0.39 is 0 Å². The number of fused-ring (bicyclic) bond motifs is 1. The van der Waals surface area contributed by atoms with Gasteiger partial charge in [-0.2, -0.15) is 0 Å². The number of nitrogens with zero attached hydrogens (tertiary/aromatic N) is 1. The first-order valence-corrected chi connectivity index (χ1v) is 10.2. The van der Waals surface area contributed by atoms with Crippen molar-refractivity contribution in [3.05, 3.63) is 59.2 Å². The molecule has 0 aromatic heterocycles. The van der Waals surface area contributed by atoms with Crippen molar-refractivity contribution in [2.75, 3.05) is 10.2 Å². The van der Waals surface area contributed by atoms with Crippen LogP contribution in [0.1, 0.15) is 47.7 Å². The molecule has 0 radical (unpaired) electrons. The van der Waals surface area contributed by atoms with Gasteiger partial charge in [-0.15, -0.1) is 0 Å². The molecule has 150 valence electrons. The fourth-order valence-corrected chi connectivity index (χ4v) is 4.68. The molecule has 0 unspecified atom stereocenters. The molecule has 1 N–H and O–H groups in total. The highest BCUT2D eigenvalue weighted by molar-refractivity contribution is 6.22. The van der Waals surface area contributed by atoms with Crippen molar-refractivity contribution in [2.24, 2.45) is 17.8 Å².